The molecule has 4 N–H and O–H groups in total. The number of nitrogen functional groups attached to an aromatic ring is 1. The predicted octanol–water partition coefficient (Wildman–Crippen LogP) is 0.848. The number of nitrogens with zero attached hydrogens (tertiary/aromatic N) is 1. The molecular weight excluding hydrogens is 166 g/mol. The Morgan fingerprint density at radius 1 is 1.46 bits per heavy atom. The van der Waals surface area contributed by atoms with Crippen molar-refractivity contribution in [3.63, 3.8) is 0 Å². The number of aromatic nitrogens is 1. The minimum Gasteiger partial charge on any atom is -0.396 e. The van der Waals surface area contributed by atoms with Gasteiger partial charge < -0.3 is 16.2 Å². The fourth-order valence-corrected chi connectivity index (χ4v) is 1.01. The number of aliphatic hydroxyl groups is 1. The molecule has 0 bridgehead atoms. The molecule has 0 aliphatic heterocycles. The highest BCUT2D eigenvalue weighted by molar-refractivity contribution is 5.60. The van der Waals surface area contributed by atoms with Crippen molar-refractivity contribution in [3.05, 3.63) is 18.3 Å². The van der Waals surface area contributed by atoms with Crippen LogP contribution in [0.3, 0.4) is 0 Å². The molecule has 0 aromatic carbocycles. The summed E-state index contributed by atoms with van der Waals surface area (Å²) >= 11 is 0. The number of hydrogen-bond acceptors (Lipinski definition) is 4. The lowest BCUT2D eigenvalue weighted by Crippen LogP contribution is -2.06. The van der Waals surface area contributed by atoms with Gasteiger partial charge in [0.1, 0.15) is 5.82 Å². The molecule has 0 aliphatic rings. The standard InChI is InChI=1S/C9H15N3O/c10-8-4-3-6-12-9(8)11-5-1-2-7-13/h3-4,6,13H,1-2,5,7,10H2,(H,11,12). The van der Waals surface area contributed by atoms with E-state index in [1.54, 1.807) is 18.3 Å². The van der Waals surface area contributed by atoms with Gasteiger partial charge in [0.25, 0.3) is 0 Å². The summed E-state index contributed by atoms with van der Waals surface area (Å²) < 4.78 is 0. The Hall–Kier alpha value is -1.29. The predicted molar refractivity (Wildman–Crippen MR) is 53.5 cm³/mol. The topological polar surface area (TPSA) is 71.2 Å². The largest absolute Gasteiger partial charge is 0.396 e. The molecule has 1 aromatic rings. The molecule has 0 atom stereocenters. The second-order valence-corrected chi connectivity index (χ2v) is 2.80. The Morgan fingerprint density at radius 2 is 2.31 bits per heavy atom. The lowest BCUT2D eigenvalue weighted by atomic mass is 10.3. The highest BCUT2D eigenvalue weighted by Crippen LogP contribution is 2.12. The smallest absolute Gasteiger partial charge is 0.149 e. The van der Waals surface area contributed by atoms with E-state index in [-0.39, 0.29) is 6.61 Å². The van der Waals surface area contributed by atoms with Crippen LogP contribution in [0.15, 0.2) is 18.3 Å². The van der Waals surface area contributed by atoms with Gasteiger partial charge in [-0.1, -0.05) is 0 Å². The molecule has 0 fully saturated rings. The molecule has 4 heteroatoms. The van der Waals surface area contributed by atoms with Gasteiger partial charge in [-0.15, -0.1) is 0 Å². The maximum Gasteiger partial charge on any atom is 0.149 e. The molecule has 72 valence electrons. The van der Waals surface area contributed by atoms with Crippen LogP contribution in [0.5, 0.6) is 0 Å². The van der Waals surface area contributed by atoms with Gasteiger partial charge >= 0.3 is 0 Å². The first-order chi connectivity index (χ1) is 6.34. The molecule has 1 heterocycles. The normalized spacial score (nSPS) is 9.92. The van der Waals surface area contributed by atoms with Crippen LogP contribution < -0.4 is 11.1 Å². The molecular formula is C9H15N3O. The van der Waals surface area contributed by atoms with E-state index in [4.69, 9.17) is 10.8 Å². The van der Waals surface area contributed by atoms with Crippen LogP contribution in [0, 0.1) is 0 Å². The van der Waals surface area contributed by atoms with Crippen molar-refractivity contribution < 1.29 is 5.11 Å². The van der Waals surface area contributed by atoms with E-state index in [0.717, 1.165) is 25.2 Å². The number of pyridine rings is 1. The van der Waals surface area contributed by atoms with Gasteiger partial charge in [0, 0.05) is 19.3 Å². The third kappa shape index (κ3) is 3.29. The van der Waals surface area contributed by atoms with Gasteiger partial charge in [0.2, 0.25) is 0 Å². The lowest BCUT2D eigenvalue weighted by Gasteiger charge is -2.06. The zero-order valence-electron chi connectivity index (χ0n) is 7.53. The Balaban J connectivity index is 2.32. The summed E-state index contributed by atoms with van der Waals surface area (Å²) in [6, 6.07) is 3.61. The highest BCUT2D eigenvalue weighted by Gasteiger charge is 1.96. The number of aliphatic hydroxyl groups excluding tert-OH is 1. The third-order valence-electron chi connectivity index (χ3n) is 1.72. The number of nitrogens with one attached hydrogen (secondary N) is 1. The van der Waals surface area contributed by atoms with Gasteiger partial charge in [-0.05, 0) is 25.0 Å². The summed E-state index contributed by atoms with van der Waals surface area (Å²) in [5.74, 6) is 0.723. The van der Waals surface area contributed by atoms with Gasteiger partial charge in [0.15, 0.2) is 0 Å². The Morgan fingerprint density at radius 3 is 3.00 bits per heavy atom. The van der Waals surface area contributed by atoms with E-state index in [0.29, 0.717) is 5.69 Å². The minimum absolute atomic E-state index is 0.235. The van der Waals surface area contributed by atoms with Crippen molar-refractivity contribution in [3.8, 4) is 0 Å². The summed E-state index contributed by atoms with van der Waals surface area (Å²) in [7, 11) is 0. The molecule has 0 aliphatic carbocycles. The summed E-state index contributed by atoms with van der Waals surface area (Å²) in [6.07, 6.45) is 3.43. The first kappa shape index (κ1) is 9.80. The lowest BCUT2D eigenvalue weighted by molar-refractivity contribution is 0.286. The van der Waals surface area contributed by atoms with Crippen LogP contribution in [0.25, 0.3) is 0 Å². The molecule has 0 radical (unpaired) electrons. The third-order valence-corrected chi connectivity index (χ3v) is 1.72. The highest BCUT2D eigenvalue weighted by atomic mass is 16.2. The van der Waals surface area contributed by atoms with Gasteiger partial charge in [-0.3, -0.25) is 0 Å². The summed E-state index contributed by atoms with van der Waals surface area (Å²) in [5.41, 5.74) is 6.32. The van der Waals surface area contributed by atoms with Crippen molar-refractivity contribution in [1.29, 1.82) is 0 Å². The molecule has 0 saturated heterocycles. The van der Waals surface area contributed by atoms with Crippen LogP contribution in [0.2, 0.25) is 0 Å². The maximum atomic E-state index is 8.55. The Kier molecular flexibility index (Phi) is 4.05. The Labute approximate surface area is 77.8 Å². The maximum absolute atomic E-state index is 8.55. The van der Waals surface area contributed by atoms with Crippen LogP contribution in [-0.2, 0) is 0 Å². The van der Waals surface area contributed by atoms with E-state index >= 15 is 0 Å². The van der Waals surface area contributed by atoms with E-state index in [9.17, 15) is 0 Å². The van der Waals surface area contributed by atoms with Crippen LogP contribution in [-0.4, -0.2) is 23.2 Å². The van der Waals surface area contributed by atoms with Crippen molar-refractivity contribution in [2.75, 3.05) is 24.2 Å². The fraction of sp³-hybridized carbons (Fsp3) is 0.444. The first-order valence-corrected chi connectivity index (χ1v) is 4.40. The molecule has 0 unspecified atom stereocenters. The Bertz CT molecular complexity index is 252. The fourth-order valence-electron chi connectivity index (χ4n) is 1.01. The zero-order chi connectivity index (χ0) is 9.52. The van der Waals surface area contributed by atoms with E-state index in [2.05, 4.69) is 10.3 Å². The average Bonchev–Trinajstić information content (AvgIpc) is 2.15. The number of nitrogens with two attached hydrogens (primary N) is 1. The van der Waals surface area contributed by atoms with Gasteiger partial charge in [-0.25, -0.2) is 4.98 Å². The first-order valence-electron chi connectivity index (χ1n) is 4.40. The van der Waals surface area contributed by atoms with E-state index < -0.39 is 0 Å². The van der Waals surface area contributed by atoms with Gasteiger partial charge in [0.05, 0.1) is 5.69 Å². The van der Waals surface area contributed by atoms with Gasteiger partial charge in [-0.2, -0.15) is 0 Å². The molecule has 13 heavy (non-hydrogen) atoms. The molecule has 1 aromatic heterocycles. The van der Waals surface area contributed by atoms with Crippen molar-refractivity contribution >= 4 is 11.5 Å². The van der Waals surface area contributed by atoms with Crippen LogP contribution >= 0.6 is 0 Å². The number of rotatable bonds is 5. The summed E-state index contributed by atoms with van der Waals surface area (Å²) in [4.78, 5) is 4.08. The summed E-state index contributed by atoms with van der Waals surface area (Å²) in [6.45, 7) is 1.03. The second kappa shape index (κ2) is 5.37. The van der Waals surface area contributed by atoms with Crippen molar-refractivity contribution in [1.82, 2.24) is 4.98 Å². The van der Waals surface area contributed by atoms with Crippen LogP contribution in [0.1, 0.15) is 12.8 Å². The minimum atomic E-state index is 0.235. The van der Waals surface area contributed by atoms with E-state index in [1.807, 2.05) is 0 Å². The number of hydrogen-bond donors (Lipinski definition) is 3. The zero-order valence-corrected chi connectivity index (χ0v) is 7.53. The quantitative estimate of drug-likeness (QED) is 0.589. The molecule has 1 rings (SSSR count). The van der Waals surface area contributed by atoms with E-state index in [1.165, 1.54) is 0 Å². The number of unbranched alkanes of at least 4 members (excludes halogenated alkanes) is 1. The second-order valence-electron chi connectivity index (χ2n) is 2.80. The molecule has 0 saturated carbocycles. The SMILES string of the molecule is Nc1cccnc1NCCCCO. The van der Waals surface area contributed by atoms with Crippen molar-refractivity contribution in [2.24, 2.45) is 0 Å². The molecule has 0 spiro atoms. The molecule has 0 amide bonds. The number of anilines is 2. The van der Waals surface area contributed by atoms with Crippen LogP contribution in [0.4, 0.5) is 11.5 Å². The average molecular weight is 181 g/mol. The summed E-state index contributed by atoms with van der Waals surface area (Å²) in [5, 5.41) is 11.7. The van der Waals surface area contributed by atoms with Crippen molar-refractivity contribution in [2.45, 2.75) is 12.8 Å². The monoisotopic (exact) mass is 181 g/mol. The molecule has 4 nitrogen and oxygen atoms in total.